The lowest BCUT2D eigenvalue weighted by molar-refractivity contribution is 0.618. The number of hydrogen-bond acceptors (Lipinski definition) is 2. The molecule has 0 aromatic heterocycles. The molecule has 0 radical (unpaired) electrons. The SMILES string of the molecule is O=c1cc2oc3ccccc3cc-2c(I)c1. The van der Waals surface area contributed by atoms with Crippen LogP contribution < -0.4 is 5.43 Å². The third kappa shape index (κ3) is 1.51. The fourth-order valence-electron chi connectivity index (χ4n) is 1.76. The summed E-state index contributed by atoms with van der Waals surface area (Å²) in [5.41, 5.74) is 1.77. The molecule has 3 heteroatoms. The summed E-state index contributed by atoms with van der Waals surface area (Å²) in [7, 11) is 0. The summed E-state index contributed by atoms with van der Waals surface area (Å²) in [6.45, 7) is 0. The predicted octanol–water partition coefficient (Wildman–Crippen LogP) is 3.50. The number of rotatable bonds is 0. The standard InChI is InChI=1S/C13H7IO2/c14-11-6-9(15)7-13-10(11)5-8-3-1-2-4-12(8)16-13/h1-7H. The van der Waals surface area contributed by atoms with E-state index < -0.39 is 0 Å². The maximum absolute atomic E-state index is 11.4. The van der Waals surface area contributed by atoms with Gasteiger partial charge < -0.3 is 4.42 Å². The minimum absolute atomic E-state index is 0.0177. The molecule has 2 nitrogen and oxygen atoms in total. The monoisotopic (exact) mass is 322 g/mol. The maximum atomic E-state index is 11.4. The molecule has 0 saturated heterocycles. The third-order valence-electron chi connectivity index (χ3n) is 2.50. The van der Waals surface area contributed by atoms with Gasteiger partial charge >= 0.3 is 0 Å². The van der Waals surface area contributed by atoms with Crippen LogP contribution in [-0.2, 0) is 0 Å². The highest BCUT2D eigenvalue weighted by Crippen LogP contribution is 2.30. The zero-order chi connectivity index (χ0) is 11.1. The second-order valence-corrected chi connectivity index (χ2v) is 4.76. The molecule has 1 aliphatic heterocycles. The first-order valence-electron chi connectivity index (χ1n) is 4.86. The summed E-state index contributed by atoms with van der Waals surface area (Å²) >= 11 is 2.16. The van der Waals surface area contributed by atoms with Crippen LogP contribution in [0.1, 0.15) is 0 Å². The Hall–Kier alpha value is -1.36. The van der Waals surface area contributed by atoms with Crippen molar-refractivity contribution in [3.05, 3.63) is 56.3 Å². The summed E-state index contributed by atoms with van der Waals surface area (Å²) < 4.78 is 6.63. The van der Waals surface area contributed by atoms with Crippen molar-refractivity contribution in [1.29, 1.82) is 0 Å². The van der Waals surface area contributed by atoms with Gasteiger partial charge in [-0.1, -0.05) is 18.2 Å². The van der Waals surface area contributed by atoms with Crippen molar-refractivity contribution in [2.75, 3.05) is 0 Å². The normalized spacial score (nSPS) is 11.1. The van der Waals surface area contributed by atoms with Crippen LogP contribution in [0.2, 0.25) is 0 Å². The van der Waals surface area contributed by atoms with E-state index in [0.717, 1.165) is 20.1 Å². The summed E-state index contributed by atoms with van der Waals surface area (Å²) in [6, 6.07) is 13.0. The molecule has 1 heterocycles. The molecule has 0 saturated carbocycles. The fourth-order valence-corrected chi connectivity index (χ4v) is 2.49. The van der Waals surface area contributed by atoms with Crippen LogP contribution in [0.3, 0.4) is 0 Å². The molecule has 0 spiro atoms. The Morgan fingerprint density at radius 1 is 1.06 bits per heavy atom. The topological polar surface area (TPSA) is 30.2 Å². The van der Waals surface area contributed by atoms with E-state index in [1.165, 1.54) is 6.07 Å². The minimum atomic E-state index is -0.0177. The van der Waals surface area contributed by atoms with Gasteiger partial charge in [0.2, 0.25) is 0 Å². The highest BCUT2D eigenvalue weighted by Gasteiger charge is 2.11. The van der Waals surface area contributed by atoms with E-state index in [2.05, 4.69) is 28.7 Å². The second-order valence-electron chi connectivity index (χ2n) is 3.60. The summed E-state index contributed by atoms with van der Waals surface area (Å²) in [6.07, 6.45) is 0. The van der Waals surface area contributed by atoms with Crippen LogP contribution >= 0.6 is 22.6 Å². The lowest BCUT2D eigenvalue weighted by atomic mass is 10.1. The largest absolute Gasteiger partial charge is 0.456 e. The van der Waals surface area contributed by atoms with Crippen LogP contribution in [0, 0.1) is 3.57 Å². The average Bonchev–Trinajstić information content (AvgIpc) is 2.27. The van der Waals surface area contributed by atoms with Gasteiger partial charge in [0, 0.05) is 20.6 Å². The number of halogens is 1. The highest BCUT2D eigenvalue weighted by atomic mass is 127. The zero-order valence-electron chi connectivity index (χ0n) is 8.24. The van der Waals surface area contributed by atoms with Gasteiger partial charge in [-0.05, 0) is 40.8 Å². The maximum Gasteiger partial charge on any atom is 0.183 e. The van der Waals surface area contributed by atoms with Gasteiger partial charge in [-0.2, -0.15) is 0 Å². The summed E-state index contributed by atoms with van der Waals surface area (Å²) in [5.74, 6) is 0.649. The zero-order valence-corrected chi connectivity index (χ0v) is 10.4. The molecule has 0 atom stereocenters. The molecule has 1 aliphatic carbocycles. The van der Waals surface area contributed by atoms with Crippen LogP contribution in [-0.4, -0.2) is 0 Å². The van der Waals surface area contributed by atoms with E-state index in [4.69, 9.17) is 4.42 Å². The molecule has 78 valence electrons. The Morgan fingerprint density at radius 2 is 1.88 bits per heavy atom. The van der Waals surface area contributed by atoms with Gasteiger partial charge in [0.25, 0.3) is 0 Å². The van der Waals surface area contributed by atoms with Crippen LogP contribution in [0.4, 0.5) is 0 Å². The molecule has 2 aliphatic rings. The van der Waals surface area contributed by atoms with E-state index >= 15 is 0 Å². The van der Waals surface area contributed by atoms with Crippen molar-refractivity contribution < 1.29 is 4.42 Å². The molecule has 0 unspecified atom stereocenters. The van der Waals surface area contributed by atoms with Gasteiger partial charge in [-0.15, -0.1) is 0 Å². The molecule has 0 bridgehead atoms. The van der Waals surface area contributed by atoms with Crippen LogP contribution in [0.15, 0.2) is 51.7 Å². The Morgan fingerprint density at radius 3 is 2.75 bits per heavy atom. The molecule has 0 N–H and O–H groups in total. The van der Waals surface area contributed by atoms with E-state index in [1.54, 1.807) is 6.07 Å². The minimum Gasteiger partial charge on any atom is -0.456 e. The fraction of sp³-hybridized carbons (Fsp3) is 0. The number of benzene rings is 2. The molecule has 1 aromatic carbocycles. The van der Waals surface area contributed by atoms with Gasteiger partial charge in [0.15, 0.2) is 5.43 Å². The smallest absolute Gasteiger partial charge is 0.183 e. The van der Waals surface area contributed by atoms with Gasteiger partial charge in [0.05, 0.1) is 0 Å². The van der Waals surface area contributed by atoms with Crippen molar-refractivity contribution in [1.82, 2.24) is 0 Å². The molecule has 0 fully saturated rings. The number of hydrogen-bond donors (Lipinski definition) is 0. The van der Waals surface area contributed by atoms with Crippen LogP contribution in [0.25, 0.3) is 22.3 Å². The summed E-state index contributed by atoms with van der Waals surface area (Å²) in [4.78, 5) is 11.4. The lowest BCUT2D eigenvalue weighted by Gasteiger charge is -2.07. The first kappa shape index (κ1) is 9.84. The molecule has 3 rings (SSSR count). The van der Waals surface area contributed by atoms with E-state index in [0.29, 0.717) is 5.76 Å². The van der Waals surface area contributed by atoms with Crippen molar-refractivity contribution >= 4 is 33.6 Å². The van der Waals surface area contributed by atoms with Gasteiger partial charge in [-0.3, -0.25) is 4.79 Å². The van der Waals surface area contributed by atoms with Crippen molar-refractivity contribution in [3.63, 3.8) is 0 Å². The first-order chi connectivity index (χ1) is 7.74. The predicted molar refractivity (Wildman–Crippen MR) is 71.8 cm³/mol. The first-order valence-corrected chi connectivity index (χ1v) is 5.94. The molecular formula is C13H7IO2. The second kappa shape index (κ2) is 3.59. The molecular weight excluding hydrogens is 315 g/mol. The quantitative estimate of drug-likeness (QED) is 0.468. The van der Waals surface area contributed by atoms with E-state index in [1.807, 2.05) is 24.3 Å². The number of para-hydroxylation sites is 1. The lowest BCUT2D eigenvalue weighted by Crippen LogP contribution is -2.01. The Kier molecular flexibility index (Phi) is 2.21. The van der Waals surface area contributed by atoms with Crippen molar-refractivity contribution in [2.45, 2.75) is 0 Å². The molecule has 1 aromatic rings. The third-order valence-corrected chi connectivity index (χ3v) is 3.40. The molecule has 16 heavy (non-hydrogen) atoms. The van der Waals surface area contributed by atoms with E-state index in [-0.39, 0.29) is 5.43 Å². The molecule has 0 amide bonds. The average molecular weight is 322 g/mol. The van der Waals surface area contributed by atoms with Gasteiger partial charge in [0.1, 0.15) is 11.3 Å². The Balaban J connectivity index is 2.52. The van der Waals surface area contributed by atoms with Crippen LogP contribution in [0.5, 0.6) is 0 Å². The van der Waals surface area contributed by atoms with E-state index in [9.17, 15) is 4.79 Å². The van der Waals surface area contributed by atoms with Crippen molar-refractivity contribution in [2.24, 2.45) is 0 Å². The number of fused-ring (bicyclic) bond motifs is 2. The Bertz CT molecular complexity index is 700. The highest BCUT2D eigenvalue weighted by molar-refractivity contribution is 14.1. The Labute approximate surface area is 105 Å². The van der Waals surface area contributed by atoms with Crippen molar-refractivity contribution in [3.8, 4) is 11.3 Å². The summed E-state index contributed by atoms with van der Waals surface area (Å²) in [5, 5.41) is 1.05. The van der Waals surface area contributed by atoms with Gasteiger partial charge in [-0.25, -0.2) is 0 Å².